The van der Waals surface area contributed by atoms with Gasteiger partial charge in [-0.2, -0.15) is 0 Å². The van der Waals surface area contributed by atoms with Crippen LogP contribution in [-0.4, -0.2) is 11.4 Å². The standard InChI is InChI=1S/C17H18O3/c18-11-4-3-6-14-7-5-9-16(12-14)20-13-15-8-1-2-10-17(15)19/h1-2,5,7-12,19H,3-4,6,13H2. The van der Waals surface area contributed by atoms with Gasteiger partial charge < -0.3 is 14.6 Å². The van der Waals surface area contributed by atoms with Crippen molar-refractivity contribution in [3.05, 3.63) is 59.7 Å². The van der Waals surface area contributed by atoms with E-state index in [0.717, 1.165) is 36.0 Å². The largest absolute Gasteiger partial charge is 0.508 e. The zero-order chi connectivity index (χ0) is 14.2. The Hall–Kier alpha value is -2.29. The number of para-hydroxylation sites is 1. The minimum absolute atomic E-state index is 0.245. The molecule has 0 atom stereocenters. The van der Waals surface area contributed by atoms with Crippen LogP contribution in [0.2, 0.25) is 0 Å². The molecule has 0 aliphatic heterocycles. The molecule has 3 heteroatoms. The first-order valence-electron chi connectivity index (χ1n) is 6.72. The van der Waals surface area contributed by atoms with Gasteiger partial charge in [0.05, 0.1) is 0 Å². The molecular formula is C17H18O3. The van der Waals surface area contributed by atoms with Gasteiger partial charge in [0, 0.05) is 12.0 Å². The molecule has 2 rings (SSSR count). The normalized spacial score (nSPS) is 10.2. The summed E-state index contributed by atoms with van der Waals surface area (Å²) >= 11 is 0. The number of unbranched alkanes of at least 4 members (excludes halogenated alkanes) is 1. The fraction of sp³-hybridized carbons (Fsp3) is 0.235. The molecule has 0 aromatic heterocycles. The SMILES string of the molecule is O=CCCCc1cccc(OCc2ccccc2O)c1. The lowest BCUT2D eigenvalue weighted by molar-refractivity contribution is -0.107. The number of hydrogen-bond acceptors (Lipinski definition) is 3. The number of phenolic OH excluding ortho intramolecular Hbond substituents is 1. The number of aryl methyl sites for hydroxylation is 1. The van der Waals surface area contributed by atoms with Crippen LogP contribution in [0.15, 0.2) is 48.5 Å². The fourth-order valence-electron chi connectivity index (χ4n) is 1.97. The summed E-state index contributed by atoms with van der Waals surface area (Å²) in [5.74, 6) is 1.02. The molecule has 1 N–H and O–H groups in total. The molecule has 0 amide bonds. The Bertz CT molecular complexity index is 564. The second kappa shape index (κ2) is 7.34. The summed E-state index contributed by atoms with van der Waals surface area (Å²) in [7, 11) is 0. The number of ether oxygens (including phenoxy) is 1. The molecule has 20 heavy (non-hydrogen) atoms. The molecule has 0 aliphatic carbocycles. The maximum atomic E-state index is 10.3. The Morgan fingerprint density at radius 1 is 1.10 bits per heavy atom. The average molecular weight is 270 g/mol. The van der Waals surface area contributed by atoms with Crippen molar-refractivity contribution in [2.75, 3.05) is 0 Å². The lowest BCUT2D eigenvalue weighted by atomic mass is 10.1. The highest BCUT2D eigenvalue weighted by atomic mass is 16.5. The van der Waals surface area contributed by atoms with E-state index in [1.54, 1.807) is 12.1 Å². The maximum absolute atomic E-state index is 10.3. The third kappa shape index (κ3) is 4.12. The molecule has 0 heterocycles. The molecule has 0 saturated heterocycles. The highest BCUT2D eigenvalue weighted by Gasteiger charge is 2.02. The molecular weight excluding hydrogens is 252 g/mol. The summed E-state index contributed by atoms with van der Waals surface area (Å²) in [6, 6.07) is 15.0. The third-order valence-electron chi connectivity index (χ3n) is 3.07. The van der Waals surface area contributed by atoms with Gasteiger partial charge in [0.2, 0.25) is 0 Å². The molecule has 0 radical (unpaired) electrons. The number of hydrogen-bond donors (Lipinski definition) is 1. The number of benzene rings is 2. The van der Waals surface area contributed by atoms with Gasteiger partial charge in [-0.05, 0) is 36.6 Å². The number of phenols is 1. The zero-order valence-corrected chi connectivity index (χ0v) is 11.3. The van der Waals surface area contributed by atoms with E-state index < -0.39 is 0 Å². The summed E-state index contributed by atoms with van der Waals surface area (Å²) in [6.07, 6.45) is 3.25. The summed E-state index contributed by atoms with van der Waals surface area (Å²) < 4.78 is 5.69. The van der Waals surface area contributed by atoms with Crippen LogP contribution >= 0.6 is 0 Å². The molecule has 0 spiro atoms. The molecule has 2 aromatic carbocycles. The Morgan fingerprint density at radius 2 is 1.95 bits per heavy atom. The van der Waals surface area contributed by atoms with E-state index in [1.165, 1.54) is 0 Å². The Labute approximate surface area is 118 Å². The van der Waals surface area contributed by atoms with Gasteiger partial charge in [-0.3, -0.25) is 0 Å². The molecule has 0 saturated carbocycles. The highest BCUT2D eigenvalue weighted by Crippen LogP contribution is 2.20. The number of aldehydes is 1. The first-order chi connectivity index (χ1) is 9.79. The zero-order valence-electron chi connectivity index (χ0n) is 11.3. The Balaban J connectivity index is 1.94. The summed E-state index contributed by atoms with van der Waals surface area (Å²) in [6.45, 7) is 0.338. The topological polar surface area (TPSA) is 46.5 Å². The average Bonchev–Trinajstić information content (AvgIpc) is 2.47. The molecule has 2 aromatic rings. The first kappa shape index (κ1) is 14.1. The van der Waals surface area contributed by atoms with Crippen LogP contribution in [0, 0.1) is 0 Å². The van der Waals surface area contributed by atoms with Crippen LogP contribution in [0.1, 0.15) is 24.0 Å². The van der Waals surface area contributed by atoms with Crippen molar-refractivity contribution in [1.29, 1.82) is 0 Å². The summed E-state index contributed by atoms with van der Waals surface area (Å²) in [4.78, 5) is 10.3. The summed E-state index contributed by atoms with van der Waals surface area (Å²) in [5, 5.41) is 9.67. The molecule has 0 unspecified atom stereocenters. The van der Waals surface area contributed by atoms with E-state index in [2.05, 4.69) is 0 Å². The number of carbonyl (C=O) groups excluding carboxylic acids is 1. The van der Waals surface area contributed by atoms with Gasteiger partial charge in [0.25, 0.3) is 0 Å². The molecule has 104 valence electrons. The number of rotatable bonds is 7. The smallest absolute Gasteiger partial charge is 0.122 e. The van der Waals surface area contributed by atoms with Crippen molar-refractivity contribution in [3.63, 3.8) is 0 Å². The molecule has 3 nitrogen and oxygen atoms in total. The molecule has 0 fully saturated rings. The van der Waals surface area contributed by atoms with E-state index >= 15 is 0 Å². The van der Waals surface area contributed by atoms with E-state index in [1.807, 2.05) is 36.4 Å². The van der Waals surface area contributed by atoms with Gasteiger partial charge >= 0.3 is 0 Å². The van der Waals surface area contributed by atoms with Crippen LogP contribution in [0.3, 0.4) is 0 Å². The number of carbonyl (C=O) groups is 1. The van der Waals surface area contributed by atoms with Crippen LogP contribution in [0.5, 0.6) is 11.5 Å². The lowest BCUT2D eigenvalue weighted by Crippen LogP contribution is -1.96. The predicted octanol–water partition coefficient (Wildman–Crippen LogP) is 3.49. The summed E-state index contributed by atoms with van der Waals surface area (Å²) in [5.41, 5.74) is 1.92. The second-order valence-electron chi connectivity index (χ2n) is 4.62. The van der Waals surface area contributed by atoms with Crippen molar-refractivity contribution >= 4 is 6.29 Å². The van der Waals surface area contributed by atoms with E-state index in [0.29, 0.717) is 13.0 Å². The maximum Gasteiger partial charge on any atom is 0.122 e. The van der Waals surface area contributed by atoms with E-state index in [9.17, 15) is 9.90 Å². The number of aromatic hydroxyl groups is 1. The van der Waals surface area contributed by atoms with Gasteiger partial charge in [-0.25, -0.2) is 0 Å². The van der Waals surface area contributed by atoms with Gasteiger partial charge in [0.1, 0.15) is 24.4 Å². The van der Waals surface area contributed by atoms with Crippen LogP contribution in [-0.2, 0) is 17.8 Å². The fourth-order valence-corrected chi connectivity index (χ4v) is 1.97. The van der Waals surface area contributed by atoms with Crippen molar-refractivity contribution in [3.8, 4) is 11.5 Å². The van der Waals surface area contributed by atoms with Crippen LogP contribution in [0.25, 0.3) is 0 Å². The minimum Gasteiger partial charge on any atom is -0.508 e. The van der Waals surface area contributed by atoms with Crippen LogP contribution < -0.4 is 4.74 Å². The van der Waals surface area contributed by atoms with E-state index in [-0.39, 0.29) is 5.75 Å². The van der Waals surface area contributed by atoms with Gasteiger partial charge in [0.15, 0.2) is 0 Å². The first-order valence-corrected chi connectivity index (χ1v) is 6.72. The van der Waals surface area contributed by atoms with Crippen molar-refractivity contribution in [2.45, 2.75) is 25.9 Å². The van der Waals surface area contributed by atoms with Crippen molar-refractivity contribution < 1.29 is 14.6 Å². The van der Waals surface area contributed by atoms with Crippen LogP contribution in [0.4, 0.5) is 0 Å². The van der Waals surface area contributed by atoms with E-state index in [4.69, 9.17) is 4.74 Å². The lowest BCUT2D eigenvalue weighted by Gasteiger charge is -2.09. The Morgan fingerprint density at radius 3 is 2.75 bits per heavy atom. The third-order valence-corrected chi connectivity index (χ3v) is 3.07. The Kier molecular flexibility index (Phi) is 5.18. The molecule has 0 aliphatic rings. The van der Waals surface area contributed by atoms with Gasteiger partial charge in [-0.15, -0.1) is 0 Å². The van der Waals surface area contributed by atoms with Gasteiger partial charge in [-0.1, -0.05) is 30.3 Å². The molecule has 0 bridgehead atoms. The quantitative estimate of drug-likeness (QED) is 0.618. The van der Waals surface area contributed by atoms with Crippen molar-refractivity contribution in [2.24, 2.45) is 0 Å². The minimum atomic E-state index is 0.245. The monoisotopic (exact) mass is 270 g/mol. The van der Waals surface area contributed by atoms with Crippen molar-refractivity contribution in [1.82, 2.24) is 0 Å². The second-order valence-corrected chi connectivity index (χ2v) is 4.62. The predicted molar refractivity (Wildman–Crippen MR) is 77.9 cm³/mol. The highest BCUT2D eigenvalue weighted by molar-refractivity contribution is 5.49.